The minimum Gasteiger partial charge on any atom is -0.495 e. The zero-order chi connectivity index (χ0) is 22.1. The quantitative estimate of drug-likeness (QED) is 0.551. The van der Waals surface area contributed by atoms with Crippen LogP contribution in [0.2, 0.25) is 5.02 Å². The smallest absolute Gasteiger partial charge is 0.282 e. The number of benzene rings is 3. The lowest BCUT2D eigenvalue weighted by Gasteiger charge is -2.16. The van der Waals surface area contributed by atoms with E-state index in [2.05, 4.69) is 5.32 Å². The number of nitrogens with one attached hydrogen (secondary N) is 1. The first-order valence-electron chi connectivity index (χ1n) is 9.77. The summed E-state index contributed by atoms with van der Waals surface area (Å²) in [5.74, 6) is -0.298. The molecule has 0 bridgehead atoms. The largest absolute Gasteiger partial charge is 0.495 e. The fourth-order valence-corrected chi connectivity index (χ4v) is 3.65. The van der Waals surface area contributed by atoms with Crippen LogP contribution in [0.15, 0.2) is 72.4 Å². The van der Waals surface area contributed by atoms with E-state index in [4.69, 9.17) is 16.3 Å². The Kier molecular flexibility index (Phi) is 5.53. The normalized spacial score (nSPS) is 13.7. The molecule has 0 unspecified atom stereocenters. The van der Waals surface area contributed by atoms with Gasteiger partial charge in [0, 0.05) is 5.02 Å². The summed E-state index contributed by atoms with van der Waals surface area (Å²) in [7, 11) is 1.55. The predicted molar refractivity (Wildman–Crippen MR) is 123 cm³/mol. The second-order valence-corrected chi connectivity index (χ2v) is 7.73. The van der Waals surface area contributed by atoms with Gasteiger partial charge in [0.25, 0.3) is 11.8 Å². The molecule has 156 valence electrons. The van der Waals surface area contributed by atoms with Crippen LogP contribution in [-0.4, -0.2) is 18.9 Å². The van der Waals surface area contributed by atoms with Gasteiger partial charge in [-0.3, -0.25) is 9.59 Å². The first kappa shape index (κ1) is 20.7. The van der Waals surface area contributed by atoms with E-state index < -0.39 is 11.8 Å². The summed E-state index contributed by atoms with van der Waals surface area (Å²) in [4.78, 5) is 28.1. The minimum atomic E-state index is -0.452. The van der Waals surface area contributed by atoms with Crippen molar-refractivity contribution in [3.05, 3.63) is 94.1 Å². The van der Waals surface area contributed by atoms with Gasteiger partial charge in [0.05, 0.1) is 24.1 Å². The van der Waals surface area contributed by atoms with Crippen molar-refractivity contribution in [2.24, 2.45) is 0 Å². The molecule has 2 amide bonds. The van der Waals surface area contributed by atoms with Crippen LogP contribution >= 0.6 is 11.6 Å². The van der Waals surface area contributed by atoms with Gasteiger partial charge in [-0.1, -0.05) is 59.6 Å². The Hall–Kier alpha value is -3.57. The number of nitrogens with zero attached hydrogens (tertiary/aromatic N) is 1. The van der Waals surface area contributed by atoms with Crippen molar-refractivity contribution in [2.45, 2.75) is 13.8 Å². The molecule has 4 rings (SSSR count). The molecule has 0 fully saturated rings. The van der Waals surface area contributed by atoms with E-state index in [9.17, 15) is 9.59 Å². The highest BCUT2D eigenvalue weighted by Crippen LogP contribution is 2.36. The van der Waals surface area contributed by atoms with Gasteiger partial charge in [0.1, 0.15) is 11.4 Å². The van der Waals surface area contributed by atoms with Gasteiger partial charge in [-0.25, -0.2) is 4.90 Å². The van der Waals surface area contributed by atoms with Gasteiger partial charge in [-0.2, -0.15) is 0 Å². The van der Waals surface area contributed by atoms with Gasteiger partial charge in [-0.15, -0.1) is 0 Å². The van der Waals surface area contributed by atoms with Crippen LogP contribution in [0.5, 0.6) is 5.75 Å². The van der Waals surface area contributed by atoms with E-state index in [1.807, 2.05) is 50.2 Å². The molecule has 1 heterocycles. The summed E-state index contributed by atoms with van der Waals surface area (Å²) in [6.45, 7) is 3.83. The van der Waals surface area contributed by atoms with Crippen molar-refractivity contribution in [2.75, 3.05) is 17.3 Å². The molecule has 0 spiro atoms. The third-order valence-electron chi connectivity index (χ3n) is 5.20. The lowest BCUT2D eigenvalue weighted by molar-refractivity contribution is -0.120. The van der Waals surface area contributed by atoms with E-state index in [-0.39, 0.29) is 5.70 Å². The van der Waals surface area contributed by atoms with Crippen molar-refractivity contribution >= 4 is 40.4 Å². The second-order valence-electron chi connectivity index (χ2n) is 7.32. The molecule has 0 aliphatic carbocycles. The lowest BCUT2D eigenvalue weighted by Crippen LogP contribution is -2.32. The number of aryl methyl sites for hydroxylation is 2. The summed E-state index contributed by atoms with van der Waals surface area (Å²) in [6.07, 6.45) is 0. The standard InChI is InChI=1S/C25H21ClN2O3/c1-15-8-11-17(12-9-15)22-23(27-20-6-4-5-7-21(20)31-3)25(30)28(24(22)29)18-13-10-16(2)19(26)14-18/h4-14,27H,1-3H3. The molecule has 31 heavy (non-hydrogen) atoms. The molecule has 1 N–H and O–H groups in total. The number of para-hydroxylation sites is 2. The molecule has 0 radical (unpaired) electrons. The highest BCUT2D eigenvalue weighted by molar-refractivity contribution is 6.46. The molecule has 1 aliphatic heterocycles. The molecule has 3 aromatic carbocycles. The van der Waals surface area contributed by atoms with E-state index in [0.717, 1.165) is 16.0 Å². The monoisotopic (exact) mass is 432 g/mol. The van der Waals surface area contributed by atoms with Crippen molar-refractivity contribution < 1.29 is 14.3 Å². The molecule has 3 aromatic rings. The van der Waals surface area contributed by atoms with Gasteiger partial charge < -0.3 is 10.1 Å². The number of imide groups is 1. The first-order chi connectivity index (χ1) is 14.9. The highest BCUT2D eigenvalue weighted by Gasteiger charge is 2.40. The van der Waals surface area contributed by atoms with Gasteiger partial charge in [0.15, 0.2) is 0 Å². The molecule has 5 nitrogen and oxygen atoms in total. The molecule has 0 saturated carbocycles. The Morgan fingerprint density at radius 2 is 1.61 bits per heavy atom. The Morgan fingerprint density at radius 1 is 0.903 bits per heavy atom. The zero-order valence-electron chi connectivity index (χ0n) is 17.4. The van der Waals surface area contributed by atoms with E-state index in [1.54, 1.807) is 37.4 Å². The Balaban J connectivity index is 1.84. The molecule has 0 atom stereocenters. The number of methoxy groups -OCH3 is 1. The Labute approximate surface area is 185 Å². The predicted octanol–water partition coefficient (Wildman–Crippen LogP) is 5.36. The fraction of sp³-hybridized carbons (Fsp3) is 0.120. The molecule has 0 aromatic heterocycles. The highest BCUT2D eigenvalue weighted by atomic mass is 35.5. The summed E-state index contributed by atoms with van der Waals surface area (Å²) in [5, 5.41) is 3.63. The maximum Gasteiger partial charge on any atom is 0.282 e. The van der Waals surface area contributed by atoms with E-state index in [0.29, 0.717) is 33.3 Å². The fourth-order valence-electron chi connectivity index (χ4n) is 3.47. The number of carbonyl (C=O) groups is 2. The average Bonchev–Trinajstić information content (AvgIpc) is 3.01. The van der Waals surface area contributed by atoms with Crippen LogP contribution in [0.1, 0.15) is 16.7 Å². The Morgan fingerprint density at radius 3 is 2.29 bits per heavy atom. The van der Waals surface area contributed by atoms with Gasteiger partial charge in [0.2, 0.25) is 0 Å². The Bertz CT molecular complexity index is 1220. The summed E-state index contributed by atoms with van der Waals surface area (Å²) >= 11 is 6.27. The van der Waals surface area contributed by atoms with Crippen molar-refractivity contribution in [3.8, 4) is 5.75 Å². The van der Waals surface area contributed by atoms with Crippen LogP contribution in [0.3, 0.4) is 0 Å². The minimum absolute atomic E-state index is 0.190. The SMILES string of the molecule is COc1ccccc1NC1=C(c2ccc(C)cc2)C(=O)N(c2ccc(C)c(Cl)c2)C1=O. The summed E-state index contributed by atoms with van der Waals surface area (Å²) < 4.78 is 5.40. The molecule has 6 heteroatoms. The molecular formula is C25H21ClN2O3. The summed E-state index contributed by atoms with van der Waals surface area (Å²) in [5.41, 5.74) is 4.08. The maximum atomic E-state index is 13.5. The number of hydrogen-bond donors (Lipinski definition) is 1. The number of amides is 2. The van der Waals surface area contributed by atoms with Crippen LogP contribution in [0.4, 0.5) is 11.4 Å². The summed E-state index contributed by atoms with van der Waals surface area (Å²) in [6, 6.07) is 19.9. The maximum absolute atomic E-state index is 13.5. The van der Waals surface area contributed by atoms with Crippen LogP contribution < -0.4 is 15.0 Å². The number of anilines is 2. The molecular weight excluding hydrogens is 412 g/mol. The number of ether oxygens (including phenoxy) is 1. The van der Waals surface area contributed by atoms with Gasteiger partial charge in [-0.05, 0) is 49.2 Å². The number of hydrogen-bond acceptors (Lipinski definition) is 4. The van der Waals surface area contributed by atoms with Crippen molar-refractivity contribution in [3.63, 3.8) is 0 Å². The van der Waals surface area contributed by atoms with Crippen molar-refractivity contribution in [1.82, 2.24) is 0 Å². The lowest BCUT2D eigenvalue weighted by atomic mass is 10.0. The number of halogens is 1. The van der Waals surface area contributed by atoms with Gasteiger partial charge >= 0.3 is 0 Å². The molecule has 1 aliphatic rings. The zero-order valence-corrected chi connectivity index (χ0v) is 18.2. The first-order valence-corrected chi connectivity index (χ1v) is 10.1. The average molecular weight is 433 g/mol. The topological polar surface area (TPSA) is 58.6 Å². The second kappa shape index (κ2) is 8.28. The van der Waals surface area contributed by atoms with E-state index >= 15 is 0 Å². The third kappa shape index (κ3) is 3.80. The van der Waals surface area contributed by atoms with E-state index in [1.165, 1.54) is 0 Å². The van der Waals surface area contributed by atoms with Crippen LogP contribution in [-0.2, 0) is 9.59 Å². The number of carbonyl (C=O) groups excluding carboxylic acids is 2. The third-order valence-corrected chi connectivity index (χ3v) is 5.61. The van der Waals surface area contributed by atoms with Crippen LogP contribution in [0.25, 0.3) is 5.57 Å². The van der Waals surface area contributed by atoms with Crippen molar-refractivity contribution in [1.29, 1.82) is 0 Å². The number of rotatable bonds is 5. The van der Waals surface area contributed by atoms with Crippen LogP contribution in [0, 0.1) is 13.8 Å². The molecule has 0 saturated heterocycles.